The molecule has 0 aliphatic rings. The first-order chi connectivity index (χ1) is 9.13. The van der Waals surface area contributed by atoms with E-state index in [4.69, 9.17) is 22.1 Å². The largest absolute Gasteiger partial charge is 0.484 e. The highest BCUT2D eigenvalue weighted by Crippen LogP contribution is 2.14. The van der Waals surface area contributed by atoms with Gasteiger partial charge in [-0.25, -0.2) is 9.97 Å². The number of nitrogens with zero attached hydrogens (tertiary/aromatic N) is 2. The first-order valence-electron chi connectivity index (χ1n) is 5.39. The Morgan fingerprint density at radius 2 is 2.21 bits per heavy atom. The van der Waals surface area contributed by atoms with Crippen LogP contribution in [0.1, 0.15) is 0 Å². The van der Waals surface area contributed by atoms with Crippen LogP contribution in [0.25, 0.3) is 0 Å². The van der Waals surface area contributed by atoms with Gasteiger partial charge in [-0.2, -0.15) is 0 Å². The number of halogens is 1. The number of benzene rings is 1. The molecule has 0 spiro atoms. The van der Waals surface area contributed by atoms with Gasteiger partial charge >= 0.3 is 0 Å². The Morgan fingerprint density at radius 1 is 1.37 bits per heavy atom. The van der Waals surface area contributed by atoms with E-state index in [9.17, 15) is 4.79 Å². The van der Waals surface area contributed by atoms with E-state index in [0.717, 1.165) is 0 Å². The number of hydrogen-bond donors (Lipinski definition) is 2. The second kappa shape index (κ2) is 6.01. The van der Waals surface area contributed by atoms with Crippen molar-refractivity contribution in [1.29, 1.82) is 0 Å². The van der Waals surface area contributed by atoms with E-state index in [-0.39, 0.29) is 17.7 Å². The van der Waals surface area contributed by atoms with Gasteiger partial charge in [-0.3, -0.25) is 4.79 Å². The molecule has 0 fully saturated rings. The van der Waals surface area contributed by atoms with Crippen LogP contribution in [-0.4, -0.2) is 22.5 Å². The molecule has 1 aromatic heterocycles. The van der Waals surface area contributed by atoms with Gasteiger partial charge in [0, 0.05) is 17.8 Å². The predicted molar refractivity (Wildman–Crippen MR) is 72.0 cm³/mol. The van der Waals surface area contributed by atoms with Crippen molar-refractivity contribution in [2.45, 2.75) is 0 Å². The standard InChI is InChI=1S/C12H11ClN4O2/c13-10-5-11(16-7-15-10)17-12(18)6-19-9-3-1-2-8(14)4-9/h1-5,7H,6,14H2,(H,15,16,17,18). The van der Waals surface area contributed by atoms with Gasteiger partial charge in [0.05, 0.1) is 0 Å². The van der Waals surface area contributed by atoms with Crippen molar-refractivity contribution in [2.75, 3.05) is 17.7 Å². The number of amides is 1. The monoisotopic (exact) mass is 278 g/mol. The van der Waals surface area contributed by atoms with Crippen molar-refractivity contribution in [3.8, 4) is 5.75 Å². The number of nitrogens with one attached hydrogen (secondary N) is 1. The highest BCUT2D eigenvalue weighted by Gasteiger charge is 2.05. The van der Waals surface area contributed by atoms with E-state index in [1.165, 1.54) is 12.4 Å². The zero-order valence-electron chi connectivity index (χ0n) is 9.84. The van der Waals surface area contributed by atoms with Crippen LogP contribution in [0, 0.1) is 0 Å². The summed E-state index contributed by atoms with van der Waals surface area (Å²) in [6.45, 7) is -0.148. The van der Waals surface area contributed by atoms with Crippen molar-refractivity contribution >= 4 is 29.0 Å². The lowest BCUT2D eigenvalue weighted by Gasteiger charge is -2.07. The third-order valence-corrected chi connectivity index (χ3v) is 2.34. The van der Waals surface area contributed by atoms with Crippen LogP contribution in [0.15, 0.2) is 36.7 Å². The average Bonchev–Trinajstić information content (AvgIpc) is 2.36. The van der Waals surface area contributed by atoms with Crippen molar-refractivity contribution in [3.63, 3.8) is 0 Å². The number of nitrogen functional groups attached to an aromatic ring is 1. The molecule has 6 nitrogen and oxygen atoms in total. The molecule has 0 saturated heterocycles. The number of ether oxygens (including phenoxy) is 1. The maximum Gasteiger partial charge on any atom is 0.263 e. The van der Waals surface area contributed by atoms with Gasteiger partial charge < -0.3 is 15.8 Å². The minimum absolute atomic E-state index is 0.148. The predicted octanol–water partition coefficient (Wildman–Crippen LogP) is 1.73. The van der Waals surface area contributed by atoms with Gasteiger partial charge in [0.2, 0.25) is 0 Å². The third kappa shape index (κ3) is 4.11. The molecule has 1 heterocycles. The number of carbonyl (C=O) groups is 1. The van der Waals surface area contributed by atoms with Gasteiger partial charge in [-0.1, -0.05) is 17.7 Å². The van der Waals surface area contributed by atoms with E-state index in [0.29, 0.717) is 17.3 Å². The van der Waals surface area contributed by atoms with E-state index in [1.54, 1.807) is 24.3 Å². The van der Waals surface area contributed by atoms with Crippen LogP contribution in [0.2, 0.25) is 5.15 Å². The second-order valence-corrected chi connectivity index (χ2v) is 4.02. The Morgan fingerprint density at radius 3 is 2.95 bits per heavy atom. The van der Waals surface area contributed by atoms with E-state index < -0.39 is 0 Å². The molecule has 2 aromatic rings. The Bertz CT molecular complexity index is 591. The number of nitrogens with two attached hydrogens (primary N) is 1. The number of anilines is 2. The fourth-order valence-electron chi connectivity index (χ4n) is 1.33. The first-order valence-corrected chi connectivity index (χ1v) is 5.77. The zero-order chi connectivity index (χ0) is 13.7. The molecule has 0 radical (unpaired) electrons. The van der Waals surface area contributed by atoms with Gasteiger partial charge in [-0.05, 0) is 12.1 Å². The number of aromatic nitrogens is 2. The molecule has 1 amide bonds. The Hall–Kier alpha value is -2.34. The lowest BCUT2D eigenvalue weighted by atomic mass is 10.3. The molecular weight excluding hydrogens is 268 g/mol. The Kier molecular flexibility index (Phi) is 4.15. The summed E-state index contributed by atoms with van der Waals surface area (Å²) in [4.78, 5) is 19.2. The summed E-state index contributed by atoms with van der Waals surface area (Å²) in [6.07, 6.45) is 1.26. The molecule has 2 rings (SSSR count). The van der Waals surface area contributed by atoms with E-state index in [1.807, 2.05) is 0 Å². The molecule has 0 aliphatic heterocycles. The normalized spacial score (nSPS) is 9.95. The van der Waals surface area contributed by atoms with E-state index >= 15 is 0 Å². The summed E-state index contributed by atoms with van der Waals surface area (Å²) in [5.41, 5.74) is 6.16. The fraction of sp³-hybridized carbons (Fsp3) is 0.0833. The summed E-state index contributed by atoms with van der Waals surface area (Å²) >= 11 is 5.67. The minimum Gasteiger partial charge on any atom is -0.484 e. The third-order valence-electron chi connectivity index (χ3n) is 2.13. The van der Waals surface area contributed by atoms with Gasteiger partial charge in [0.1, 0.15) is 23.0 Å². The second-order valence-electron chi connectivity index (χ2n) is 3.64. The quantitative estimate of drug-likeness (QED) is 0.656. The SMILES string of the molecule is Nc1cccc(OCC(=O)Nc2cc(Cl)ncn2)c1. The van der Waals surface area contributed by atoms with Crippen LogP contribution in [0.3, 0.4) is 0 Å². The van der Waals surface area contributed by atoms with Crippen LogP contribution in [0.4, 0.5) is 11.5 Å². The molecule has 0 unspecified atom stereocenters. The van der Waals surface area contributed by atoms with E-state index in [2.05, 4.69) is 15.3 Å². The minimum atomic E-state index is -0.350. The van der Waals surface area contributed by atoms with Gasteiger partial charge in [0.15, 0.2) is 6.61 Å². The summed E-state index contributed by atoms with van der Waals surface area (Å²) in [5, 5.41) is 2.79. The molecule has 19 heavy (non-hydrogen) atoms. The van der Waals surface area contributed by atoms with Crippen LogP contribution in [-0.2, 0) is 4.79 Å². The molecule has 1 aromatic carbocycles. The molecule has 0 bridgehead atoms. The summed E-state index contributed by atoms with van der Waals surface area (Å²) in [5.74, 6) is 0.495. The van der Waals surface area contributed by atoms with Crippen LogP contribution < -0.4 is 15.8 Å². The van der Waals surface area contributed by atoms with Crippen LogP contribution >= 0.6 is 11.6 Å². The Labute approximate surface area is 114 Å². The Balaban J connectivity index is 1.88. The highest BCUT2D eigenvalue weighted by atomic mass is 35.5. The smallest absolute Gasteiger partial charge is 0.263 e. The van der Waals surface area contributed by atoms with Crippen molar-refractivity contribution < 1.29 is 9.53 Å². The van der Waals surface area contributed by atoms with Crippen molar-refractivity contribution in [2.24, 2.45) is 0 Å². The van der Waals surface area contributed by atoms with Gasteiger partial charge in [-0.15, -0.1) is 0 Å². The van der Waals surface area contributed by atoms with Gasteiger partial charge in [0.25, 0.3) is 5.91 Å². The number of hydrogen-bond acceptors (Lipinski definition) is 5. The maximum absolute atomic E-state index is 11.6. The summed E-state index contributed by atoms with van der Waals surface area (Å²) < 4.78 is 5.28. The average molecular weight is 279 g/mol. The summed E-state index contributed by atoms with van der Waals surface area (Å²) in [6, 6.07) is 8.27. The van der Waals surface area contributed by atoms with Crippen molar-refractivity contribution in [1.82, 2.24) is 9.97 Å². The lowest BCUT2D eigenvalue weighted by molar-refractivity contribution is -0.118. The highest BCUT2D eigenvalue weighted by molar-refractivity contribution is 6.29. The molecule has 0 aliphatic carbocycles. The molecule has 0 saturated carbocycles. The number of rotatable bonds is 4. The molecule has 3 N–H and O–H groups in total. The zero-order valence-corrected chi connectivity index (χ0v) is 10.6. The topological polar surface area (TPSA) is 90.1 Å². The maximum atomic E-state index is 11.6. The molecule has 0 atom stereocenters. The number of carbonyl (C=O) groups excluding carboxylic acids is 1. The molecule has 98 valence electrons. The molecule has 7 heteroatoms. The van der Waals surface area contributed by atoms with Crippen LogP contribution in [0.5, 0.6) is 5.75 Å². The fourth-order valence-corrected chi connectivity index (χ4v) is 1.48. The summed E-state index contributed by atoms with van der Waals surface area (Å²) in [7, 11) is 0. The lowest BCUT2D eigenvalue weighted by Crippen LogP contribution is -2.20. The van der Waals surface area contributed by atoms with Crippen molar-refractivity contribution in [3.05, 3.63) is 41.8 Å². The first kappa shape index (κ1) is 13.1. The molecular formula is C12H11ClN4O2.